The molecule has 3 N–H and O–H groups in total. The van der Waals surface area contributed by atoms with Crippen LogP contribution in [0.1, 0.15) is 40.6 Å². The van der Waals surface area contributed by atoms with Crippen molar-refractivity contribution in [2.75, 3.05) is 11.9 Å². The number of ether oxygens (including phenoxy) is 1. The highest BCUT2D eigenvalue weighted by Gasteiger charge is 2.31. The summed E-state index contributed by atoms with van der Waals surface area (Å²) in [5.41, 5.74) is 4.46. The van der Waals surface area contributed by atoms with Crippen molar-refractivity contribution in [3.8, 4) is 0 Å². The molecule has 0 radical (unpaired) electrons. The number of hydrogen-bond donors (Lipinski definition) is 3. The lowest BCUT2D eigenvalue weighted by molar-refractivity contribution is -0.759. The summed E-state index contributed by atoms with van der Waals surface area (Å²) in [6, 6.07) is 9.45. The SMILES string of the molecule is C=C1NCc2cc(NC(=O)c3ccc[n+](C4CCC(CO)O4)c3)ccc21. The monoisotopic (exact) mass is 352 g/mol. The molecule has 2 aliphatic rings. The lowest BCUT2D eigenvalue weighted by Crippen LogP contribution is -2.40. The van der Waals surface area contributed by atoms with Gasteiger partial charge in [-0.25, -0.2) is 0 Å². The standard InChI is InChI=1S/C20H21N3O3/c1-13-18-6-4-16(9-15(18)10-21-13)22-20(25)14-3-2-8-23(11-14)19-7-5-17(12-24)26-19/h2-4,6,8-9,11,17,19,21,24H,1,5,7,10,12H2/p+1. The topological polar surface area (TPSA) is 74.5 Å². The normalized spacial score (nSPS) is 21.3. The van der Waals surface area contributed by atoms with Crippen LogP contribution in [0.2, 0.25) is 0 Å². The summed E-state index contributed by atoms with van der Waals surface area (Å²) in [7, 11) is 0. The average Bonchev–Trinajstić information content (AvgIpc) is 3.29. The molecule has 1 fully saturated rings. The number of nitrogens with zero attached hydrogens (tertiary/aromatic N) is 1. The van der Waals surface area contributed by atoms with E-state index in [1.54, 1.807) is 12.3 Å². The van der Waals surface area contributed by atoms with Crippen LogP contribution in [0.25, 0.3) is 5.70 Å². The van der Waals surface area contributed by atoms with Gasteiger partial charge >= 0.3 is 0 Å². The first kappa shape index (κ1) is 16.8. The van der Waals surface area contributed by atoms with Gasteiger partial charge in [-0.1, -0.05) is 12.6 Å². The smallest absolute Gasteiger partial charge is 0.262 e. The molecule has 4 rings (SSSR count). The minimum atomic E-state index is -0.166. The van der Waals surface area contributed by atoms with E-state index < -0.39 is 0 Å². The Labute approximate surface area is 152 Å². The second-order valence-corrected chi connectivity index (χ2v) is 6.67. The molecule has 2 atom stereocenters. The second-order valence-electron chi connectivity index (χ2n) is 6.67. The summed E-state index contributed by atoms with van der Waals surface area (Å²) in [4.78, 5) is 12.6. The summed E-state index contributed by atoms with van der Waals surface area (Å²) in [6.45, 7) is 4.72. The Kier molecular flexibility index (Phi) is 4.44. The number of anilines is 1. The van der Waals surface area contributed by atoms with Gasteiger partial charge in [0.15, 0.2) is 12.4 Å². The fourth-order valence-corrected chi connectivity index (χ4v) is 3.46. The quantitative estimate of drug-likeness (QED) is 0.736. The molecule has 1 saturated heterocycles. The number of carbonyl (C=O) groups is 1. The Hall–Kier alpha value is -2.70. The van der Waals surface area contributed by atoms with Gasteiger partial charge < -0.3 is 20.5 Å². The van der Waals surface area contributed by atoms with Crippen LogP contribution in [0.3, 0.4) is 0 Å². The van der Waals surface area contributed by atoms with Gasteiger partial charge in [-0.2, -0.15) is 4.57 Å². The van der Waals surface area contributed by atoms with E-state index in [4.69, 9.17) is 4.74 Å². The number of fused-ring (bicyclic) bond motifs is 1. The minimum Gasteiger partial charge on any atom is -0.394 e. The van der Waals surface area contributed by atoms with Crippen LogP contribution in [0.15, 0.2) is 49.3 Å². The zero-order chi connectivity index (χ0) is 18.1. The molecule has 2 unspecified atom stereocenters. The van der Waals surface area contributed by atoms with Crippen molar-refractivity contribution in [3.05, 3.63) is 66.0 Å². The molecule has 26 heavy (non-hydrogen) atoms. The van der Waals surface area contributed by atoms with E-state index in [9.17, 15) is 9.90 Å². The van der Waals surface area contributed by atoms with Crippen molar-refractivity contribution in [1.29, 1.82) is 0 Å². The number of benzene rings is 1. The molecule has 0 spiro atoms. The Morgan fingerprint density at radius 1 is 1.38 bits per heavy atom. The summed E-state index contributed by atoms with van der Waals surface area (Å²) >= 11 is 0. The van der Waals surface area contributed by atoms with Crippen molar-refractivity contribution >= 4 is 17.3 Å². The van der Waals surface area contributed by atoms with Crippen LogP contribution in [0, 0.1) is 0 Å². The van der Waals surface area contributed by atoms with E-state index >= 15 is 0 Å². The highest BCUT2D eigenvalue weighted by Crippen LogP contribution is 2.26. The fourth-order valence-electron chi connectivity index (χ4n) is 3.46. The molecule has 1 aromatic carbocycles. The predicted molar refractivity (Wildman–Crippen MR) is 97.1 cm³/mol. The number of nitrogens with one attached hydrogen (secondary N) is 2. The Morgan fingerprint density at radius 2 is 2.27 bits per heavy atom. The van der Waals surface area contributed by atoms with Crippen LogP contribution in [0.4, 0.5) is 5.69 Å². The summed E-state index contributed by atoms with van der Waals surface area (Å²) in [6.07, 6.45) is 5.04. The number of hydrogen-bond acceptors (Lipinski definition) is 4. The Balaban J connectivity index is 1.49. The number of pyridine rings is 1. The number of aliphatic hydroxyl groups is 1. The maximum atomic E-state index is 12.6. The fraction of sp³-hybridized carbons (Fsp3) is 0.300. The lowest BCUT2D eigenvalue weighted by atomic mass is 10.1. The van der Waals surface area contributed by atoms with Gasteiger partial charge in [-0.15, -0.1) is 0 Å². The zero-order valence-electron chi connectivity index (χ0n) is 14.4. The highest BCUT2D eigenvalue weighted by atomic mass is 16.5. The first-order valence-electron chi connectivity index (χ1n) is 8.78. The highest BCUT2D eigenvalue weighted by molar-refractivity contribution is 6.04. The number of carbonyl (C=O) groups excluding carboxylic acids is 1. The molecular formula is C20H22N3O3+. The summed E-state index contributed by atoms with van der Waals surface area (Å²) < 4.78 is 7.67. The zero-order valence-corrected chi connectivity index (χ0v) is 14.4. The number of amides is 1. The molecule has 2 aliphatic heterocycles. The Morgan fingerprint density at radius 3 is 3.08 bits per heavy atom. The maximum absolute atomic E-state index is 12.6. The predicted octanol–water partition coefficient (Wildman–Crippen LogP) is 1.97. The molecule has 6 nitrogen and oxygen atoms in total. The van der Waals surface area contributed by atoms with Crippen LogP contribution >= 0.6 is 0 Å². The maximum Gasteiger partial charge on any atom is 0.262 e. The summed E-state index contributed by atoms with van der Waals surface area (Å²) in [5, 5.41) is 15.4. The van der Waals surface area contributed by atoms with Crippen LogP contribution in [-0.4, -0.2) is 23.7 Å². The van der Waals surface area contributed by atoms with E-state index in [1.807, 2.05) is 35.0 Å². The van der Waals surface area contributed by atoms with Crippen molar-refractivity contribution in [3.63, 3.8) is 0 Å². The van der Waals surface area contributed by atoms with Gasteiger partial charge in [0.2, 0.25) is 0 Å². The summed E-state index contributed by atoms with van der Waals surface area (Å²) in [5.74, 6) is -0.166. The van der Waals surface area contributed by atoms with Gasteiger partial charge in [0.05, 0.1) is 12.7 Å². The number of aromatic nitrogens is 1. The molecule has 0 bridgehead atoms. The minimum absolute atomic E-state index is 0.0246. The van der Waals surface area contributed by atoms with Gasteiger partial charge in [0, 0.05) is 36.0 Å². The molecule has 134 valence electrons. The molecule has 0 saturated carbocycles. The van der Waals surface area contributed by atoms with Gasteiger partial charge in [-0.3, -0.25) is 4.79 Å². The van der Waals surface area contributed by atoms with Crippen LogP contribution < -0.4 is 15.2 Å². The van der Waals surface area contributed by atoms with E-state index in [1.165, 1.54) is 0 Å². The third-order valence-corrected chi connectivity index (χ3v) is 4.89. The number of rotatable bonds is 4. The first-order chi connectivity index (χ1) is 12.6. The van der Waals surface area contributed by atoms with E-state index in [2.05, 4.69) is 17.2 Å². The molecule has 1 amide bonds. The average molecular weight is 352 g/mol. The van der Waals surface area contributed by atoms with Gasteiger partial charge in [-0.05, 0) is 30.2 Å². The molecule has 0 aliphatic carbocycles. The molecule has 1 aromatic heterocycles. The van der Waals surface area contributed by atoms with E-state index in [-0.39, 0.29) is 24.8 Å². The molecular weight excluding hydrogens is 330 g/mol. The van der Waals surface area contributed by atoms with Crippen molar-refractivity contribution in [2.24, 2.45) is 0 Å². The molecule has 6 heteroatoms. The van der Waals surface area contributed by atoms with Crippen LogP contribution in [0.5, 0.6) is 0 Å². The van der Waals surface area contributed by atoms with E-state index in [0.29, 0.717) is 5.56 Å². The van der Waals surface area contributed by atoms with E-state index in [0.717, 1.165) is 41.9 Å². The third kappa shape index (κ3) is 3.21. The van der Waals surface area contributed by atoms with Gasteiger partial charge in [0.25, 0.3) is 12.1 Å². The molecule has 2 aromatic rings. The van der Waals surface area contributed by atoms with Crippen molar-refractivity contribution in [2.45, 2.75) is 31.7 Å². The Bertz CT molecular complexity index is 865. The molecule has 3 heterocycles. The lowest BCUT2D eigenvalue weighted by Gasteiger charge is -2.09. The largest absolute Gasteiger partial charge is 0.394 e. The van der Waals surface area contributed by atoms with Crippen molar-refractivity contribution in [1.82, 2.24) is 5.32 Å². The second kappa shape index (κ2) is 6.90. The van der Waals surface area contributed by atoms with Crippen LogP contribution in [-0.2, 0) is 11.3 Å². The van der Waals surface area contributed by atoms with Crippen molar-refractivity contribution < 1.29 is 19.2 Å². The first-order valence-corrected chi connectivity index (χ1v) is 8.78. The third-order valence-electron chi connectivity index (χ3n) is 4.89. The van der Waals surface area contributed by atoms with Gasteiger partial charge in [0.1, 0.15) is 5.56 Å². The number of aliphatic hydroxyl groups excluding tert-OH is 1.